The molecular weight excluding hydrogens is 154 g/mol. The van der Waals surface area contributed by atoms with E-state index in [1.807, 2.05) is 33.0 Å². The molecule has 0 saturated heterocycles. The van der Waals surface area contributed by atoms with Crippen LogP contribution in [-0.4, -0.2) is 48.5 Å². The standard InChI is InChI=1S/C6H14O2.C3H9N/c1-3-6(2,8)4-5-7;1-4(2)3/h7-8H,3-5H2,1-2H3;1-3H3. The summed E-state index contributed by atoms with van der Waals surface area (Å²) in [6.45, 7) is 3.69. The molecule has 2 N–H and O–H groups in total. The molecule has 0 aliphatic rings. The minimum atomic E-state index is -0.658. The molecule has 0 heterocycles. The number of hydrogen-bond acceptors (Lipinski definition) is 3. The first-order valence-corrected chi connectivity index (χ1v) is 4.30. The molecule has 12 heavy (non-hydrogen) atoms. The summed E-state index contributed by atoms with van der Waals surface area (Å²) in [5, 5.41) is 17.5. The van der Waals surface area contributed by atoms with E-state index < -0.39 is 5.60 Å². The molecule has 1 atom stereocenters. The average Bonchev–Trinajstić information content (AvgIpc) is 1.86. The van der Waals surface area contributed by atoms with Crippen molar-refractivity contribution in [3.05, 3.63) is 0 Å². The third-order valence-electron chi connectivity index (χ3n) is 1.41. The smallest absolute Gasteiger partial charge is 0.0639 e. The van der Waals surface area contributed by atoms with E-state index in [0.717, 1.165) is 0 Å². The van der Waals surface area contributed by atoms with E-state index in [9.17, 15) is 0 Å². The van der Waals surface area contributed by atoms with E-state index in [1.54, 1.807) is 6.92 Å². The van der Waals surface area contributed by atoms with Gasteiger partial charge >= 0.3 is 0 Å². The lowest BCUT2D eigenvalue weighted by Crippen LogP contribution is -2.23. The Hall–Kier alpha value is -0.120. The molecule has 0 rings (SSSR count). The second kappa shape index (κ2) is 7.53. The summed E-state index contributed by atoms with van der Waals surface area (Å²) < 4.78 is 0. The van der Waals surface area contributed by atoms with Crippen molar-refractivity contribution in [1.82, 2.24) is 4.90 Å². The van der Waals surface area contributed by atoms with Crippen molar-refractivity contribution < 1.29 is 10.2 Å². The van der Waals surface area contributed by atoms with Gasteiger partial charge in [-0.05, 0) is 40.9 Å². The first-order chi connectivity index (χ1) is 5.35. The zero-order valence-electron chi connectivity index (χ0n) is 8.96. The van der Waals surface area contributed by atoms with Gasteiger partial charge in [0.05, 0.1) is 5.60 Å². The molecule has 1 unspecified atom stereocenters. The first-order valence-electron chi connectivity index (χ1n) is 4.30. The van der Waals surface area contributed by atoms with Gasteiger partial charge in [0.25, 0.3) is 0 Å². The fourth-order valence-corrected chi connectivity index (χ4v) is 0.418. The molecule has 0 aromatic carbocycles. The van der Waals surface area contributed by atoms with Crippen LogP contribution in [0.5, 0.6) is 0 Å². The SMILES string of the molecule is CCC(C)(O)CCO.CN(C)C. The fourth-order valence-electron chi connectivity index (χ4n) is 0.418. The first kappa shape index (κ1) is 14.4. The van der Waals surface area contributed by atoms with Crippen molar-refractivity contribution in [2.24, 2.45) is 0 Å². The van der Waals surface area contributed by atoms with Crippen LogP contribution in [0, 0.1) is 0 Å². The molecule has 0 radical (unpaired) electrons. The lowest BCUT2D eigenvalue weighted by molar-refractivity contribution is 0.0300. The van der Waals surface area contributed by atoms with Crippen LogP contribution in [0.15, 0.2) is 0 Å². The van der Waals surface area contributed by atoms with Crippen molar-refractivity contribution in [3.63, 3.8) is 0 Å². The molecule has 0 fully saturated rings. The van der Waals surface area contributed by atoms with Crippen LogP contribution in [0.4, 0.5) is 0 Å². The summed E-state index contributed by atoms with van der Waals surface area (Å²) in [6, 6.07) is 0. The molecule has 0 saturated carbocycles. The minimum Gasteiger partial charge on any atom is -0.396 e. The molecule has 0 aromatic heterocycles. The second-order valence-corrected chi connectivity index (χ2v) is 3.67. The van der Waals surface area contributed by atoms with E-state index in [2.05, 4.69) is 0 Å². The lowest BCUT2D eigenvalue weighted by Gasteiger charge is -2.18. The normalized spacial score (nSPS) is 15.0. The Balaban J connectivity index is 0. The maximum absolute atomic E-state index is 9.16. The van der Waals surface area contributed by atoms with Gasteiger partial charge in [-0.2, -0.15) is 0 Å². The van der Waals surface area contributed by atoms with Gasteiger partial charge in [0.1, 0.15) is 0 Å². The lowest BCUT2D eigenvalue weighted by atomic mass is 10.0. The van der Waals surface area contributed by atoms with E-state index in [4.69, 9.17) is 10.2 Å². The van der Waals surface area contributed by atoms with Crippen LogP contribution in [-0.2, 0) is 0 Å². The molecule has 0 amide bonds. The highest BCUT2D eigenvalue weighted by atomic mass is 16.3. The minimum absolute atomic E-state index is 0.0703. The Morgan fingerprint density at radius 3 is 1.67 bits per heavy atom. The van der Waals surface area contributed by atoms with Crippen molar-refractivity contribution in [3.8, 4) is 0 Å². The van der Waals surface area contributed by atoms with Crippen LogP contribution in [0.3, 0.4) is 0 Å². The van der Waals surface area contributed by atoms with E-state index >= 15 is 0 Å². The Morgan fingerprint density at radius 2 is 1.58 bits per heavy atom. The van der Waals surface area contributed by atoms with E-state index in [1.165, 1.54) is 0 Å². The summed E-state index contributed by atoms with van der Waals surface area (Å²) in [4.78, 5) is 2.00. The molecular formula is C9H23NO2. The van der Waals surface area contributed by atoms with Gasteiger partial charge in [0.15, 0.2) is 0 Å². The Labute approximate surface area is 76.0 Å². The molecule has 76 valence electrons. The highest BCUT2D eigenvalue weighted by Crippen LogP contribution is 2.11. The van der Waals surface area contributed by atoms with Crippen molar-refractivity contribution in [2.45, 2.75) is 32.3 Å². The van der Waals surface area contributed by atoms with Gasteiger partial charge in [0.2, 0.25) is 0 Å². The number of aliphatic hydroxyl groups is 2. The summed E-state index contributed by atoms with van der Waals surface area (Å²) in [5.41, 5.74) is -0.658. The molecule has 3 heteroatoms. The van der Waals surface area contributed by atoms with Gasteiger partial charge in [-0.3, -0.25) is 0 Å². The maximum atomic E-state index is 9.16. The maximum Gasteiger partial charge on any atom is 0.0639 e. The van der Waals surface area contributed by atoms with Crippen molar-refractivity contribution in [2.75, 3.05) is 27.7 Å². The topological polar surface area (TPSA) is 43.7 Å². The monoisotopic (exact) mass is 177 g/mol. The largest absolute Gasteiger partial charge is 0.396 e. The Kier molecular flexibility index (Phi) is 9.03. The molecule has 0 bridgehead atoms. The zero-order valence-corrected chi connectivity index (χ0v) is 8.96. The van der Waals surface area contributed by atoms with Crippen LogP contribution < -0.4 is 0 Å². The van der Waals surface area contributed by atoms with Crippen LogP contribution >= 0.6 is 0 Å². The molecule has 0 spiro atoms. The van der Waals surface area contributed by atoms with Gasteiger partial charge in [-0.1, -0.05) is 6.92 Å². The average molecular weight is 177 g/mol. The number of rotatable bonds is 3. The van der Waals surface area contributed by atoms with E-state index in [0.29, 0.717) is 12.8 Å². The fraction of sp³-hybridized carbons (Fsp3) is 1.00. The van der Waals surface area contributed by atoms with Gasteiger partial charge < -0.3 is 15.1 Å². The quantitative estimate of drug-likeness (QED) is 0.667. The summed E-state index contributed by atoms with van der Waals surface area (Å²) in [6.07, 6.45) is 1.18. The van der Waals surface area contributed by atoms with Gasteiger partial charge in [-0.15, -0.1) is 0 Å². The van der Waals surface area contributed by atoms with Crippen LogP contribution in [0.25, 0.3) is 0 Å². The molecule has 3 nitrogen and oxygen atoms in total. The summed E-state index contributed by atoms with van der Waals surface area (Å²) >= 11 is 0. The third-order valence-corrected chi connectivity index (χ3v) is 1.41. The van der Waals surface area contributed by atoms with E-state index in [-0.39, 0.29) is 6.61 Å². The number of hydrogen-bond donors (Lipinski definition) is 2. The molecule has 0 aromatic rings. The Morgan fingerprint density at radius 1 is 1.25 bits per heavy atom. The predicted molar refractivity (Wildman–Crippen MR) is 52.2 cm³/mol. The summed E-state index contributed by atoms with van der Waals surface area (Å²) in [5.74, 6) is 0. The Bertz CT molecular complexity index is 89.8. The number of nitrogens with zero attached hydrogens (tertiary/aromatic N) is 1. The van der Waals surface area contributed by atoms with Gasteiger partial charge in [0, 0.05) is 6.61 Å². The number of aliphatic hydroxyl groups excluding tert-OH is 1. The van der Waals surface area contributed by atoms with Crippen LogP contribution in [0.1, 0.15) is 26.7 Å². The van der Waals surface area contributed by atoms with Crippen molar-refractivity contribution >= 4 is 0 Å². The highest BCUT2D eigenvalue weighted by molar-refractivity contribution is 4.68. The molecule has 0 aliphatic carbocycles. The molecule has 0 aliphatic heterocycles. The van der Waals surface area contributed by atoms with Gasteiger partial charge in [-0.25, -0.2) is 0 Å². The zero-order chi connectivity index (χ0) is 10.2. The van der Waals surface area contributed by atoms with Crippen molar-refractivity contribution in [1.29, 1.82) is 0 Å². The second-order valence-electron chi connectivity index (χ2n) is 3.67. The third kappa shape index (κ3) is 16.5. The summed E-state index contributed by atoms with van der Waals surface area (Å²) in [7, 11) is 6.00. The highest BCUT2D eigenvalue weighted by Gasteiger charge is 2.15. The van der Waals surface area contributed by atoms with Crippen LogP contribution in [0.2, 0.25) is 0 Å². The predicted octanol–water partition coefficient (Wildman–Crippen LogP) is 0.708.